The van der Waals surface area contributed by atoms with E-state index < -0.39 is 5.60 Å². The van der Waals surface area contributed by atoms with Gasteiger partial charge in [0.25, 0.3) is 0 Å². The molecule has 1 amide bonds. The lowest BCUT2D eigenvalue weighted by Gasteiger charge is -2.35. The van der Waals surface area contributed by atoms with Crippen LogP contribution in [0.25, 0.3) is 6.08 Å². The van der Waals surface area contributed by atoms with Gasteiger partial charge < -0.3 is 20.3 Å². The number of rotatable bonds is 3. The summed E-state index contributed by atoms with van der Waals surface area (Å²) in [5.74, 6) is 0. The van der Waals surface area contributed by atoms with Crippen molar-refractivity contribution in [2.45, 2.75) is 50.8 Å². The van der Waals surface area contributed by atoms with Crippen LogP contribution in [0.5, 0.6) is 0 Å². The minimum atomic E-state index is -0.502. The van der Waals surface area contributed by atoms with Crippen LogP contribution in [-0.2, 0) is 4.74 Å². The molecule has 0 aromatic carbocycles. The highest BCUT2D eigenvalue weighted by Gasteiger charge is 2.28. The second-order valence-corrected chi connectivity index (χ2v) is 8.23. The van der Waals surface area contributed by atoms with Gasteiger partial charge in [-0.05, 0) is 45.8 Å². The first kappa shape index (κ1) is 19.5. The van der Waals surface area contributed by atoms with Crippen molar-refractivity contribution in [2.75, 3.05) is 23.7 Å². The summed E-state index contributed by atoms with van der Waals surface area (Å²) >= 11 is 6.16. The number of hydrogen-bond acceptors (Lipinski definition) is 6. The Kier molecular flexibility index (Phi) is 5.60. The molecule has 2 N–H and O–H groups in total. The first-order valence-electron chi connectivity index (χ1n) is 9.08. The topological polar surface area (TPSA) is 83.6 Å². The highest BCUT2D eigenvalue weighted by Crippen LogP contribution is 2.34. The molecule has 2 aliphatic rings. The number of carbonyl (C=O) groups excluding carboxylic acids is 2. The van der Waals surface area contributed by atoms with Crippen molar-refractivity contribution in [1.29, 1.82) is 0 Å². The Hall–Kier alpha value is -2.28. The average molecular weight is 393 g/mol. The number of aldehydes is 1. The number of nitrogens with one attached hydrogen (secondary N) is 2. The molecule has 8 heteroatoms. The van der Waals surface area contributed by atoms with Gasteiger partial charge in [0.05, 0.1) is 22.6 Å². The van der Waals surface area contributed by atoms with Crippen LogP contribution in [0.3, 0.4) is 0 Å². The highest BCUT2D eigenvalue weighted by molar-refractivity contribution is 6.23. The molecule has 1 unspecified atom stereocenters. The maximum atomic E-state index is 12.2. The number of nitrogens with zero attached hydrogens (tertiary/aromatic N) is 2. The number of aromatic nitrogens is 1. The van der Waals surface area contributed by atoms with Gasteiger partial charge in [-0.1, -0.05) is 11.6 Å². The van der Waals surface area contributed by atoms with E-state index in [0.29, 0.717) is 24.3 Å². The number of pyridine rings is 1. The Morgan fingerprint density at radius 2 is 2.11 bits per heavy atom. The predicted octanol–water partition coefficient (Wildman–Crippen LogP) is 3.71. The molecule has 1 atom stereocenters. The van der Waals surface area contributed by atoms with Gasteiger partial charge in [-0.3, -0.25) is 9.78 Å². The first-order valence-corrected chi connectivity index (χ1v) is 9.52. The molecular formula is C19H25ClN4O3. The molecule has 1 saturated heterocycles. The van der Waals surface area contributed by atoms with Gasteiger partial charge in [-0.25, -0.2) is 4.79 Å². The molecule has 3 rings (SSSR count). The lowest BCUT2D eigenvalue weighted by Crippen LogP contribution is -2.44. The number of anilines is 2. The largest absolute Gasteiger partial charge is 0.444 e. The molecule has 3 heterocycles. The normalized spacial score (nSPS) is 19.9. The van der Waals surface area contributed by atoms with Crippen molar-refractivity contribution in [1.82, 2.24) is 9.88 Å². The third-order valence-corrected chi connectivity index (χ3v) is 4.72. The van der Waals surface area contributed by atoms with Crippen LogP contribution in [0.15, 0.2) is 12.3 Å². The molecule has 1 fully saturated rings. The molecule has 0 aliphatic carbocycles. The number of fused-ring (bicyclic) bond motifs is 1. The van der Waals surface area contributed by atoms with Gasteiger partial charge in [0.1, 0.15) is 11.1 Å². The van der Waals surface area contributed by atoms with Crippen molar-refractivity contribution >= 4 is 41.4 Å². The molecule has 7 nitrogen and oxygen atoms in total. The number of hydrogen-bond donors (Lipinski definition) is 2. The van der Waals surface area contributed by atoms with Gasteiger partial charge >= 0.3 is 6.09 Å². The van der Waals surface area contributed by atoms with E-state index in [2.05, 4.69) is 15.6 Å². The smallest absolute Gasteiger partial charge is 0.410 e. The fourth-order valence-corrected chi connectivity index (χ4v) is 3.34. The Morgan fingerprint density at radius 3 is 2.74 bits per heavy atom. The zero-order valence-electron chi connectivity index (χ0n) is 15.8. The lowest BCUT2D eigenvalue weighted by molar-refractivity contribution is 0.0210. The second-order valence-electron chi connectivity index (χ2n) is 7.76. The van der Waals surface area contributed by atoms with Crippen molar-refractivity contribution in [3.63, 3.8) is 0 Å². The van der Waals surface area contributed by atoms with E-state index in [1.54, 1.807) is 17.2 Å². The molecule has 0 radical (unpaired) electrons. The third kappa shape index (κ3) is 4.71. The van der Waals surface area contributed by atoms with Gasteiger partial charge in [-0.15, -0.1) is 0 Å². The highest BCUT2D eigenvalue weighted by atomic mass is 35.5. The summed E-state index contributed by atoms with van der Waals surface area (Å²) in [6.45, 7) is 6.78. The van der Waals surface area contributed by atoms with Crippen LogP contribution >= 0.6 is 11.6 Å². The maximum absolute atomic E-state index is 12.2. The summed E-state index contributed by atoms with van der Waals surface area (Å²) in [7, 11) is 0. The Bertz CT molecular complexity index is 752. The second kappa shape index (κ2) is 7.76. The number of carbonyl (C=O) groups is 2. The van der Waals surface area contributed by atoms with Crippen LogP contribution < -0.4 is 10.6 Å². The summed E-state index contributed by atoms with van der Waals surface area (Å²) in [5.41, 5.74) is 1.81. The van der Waals surface area contributed by atoms with Crippen LogP contribution in [0.2, 0.25) is 0 Å². The number of halogens is 1. The molecule has 27 heavy (non-hydrogen) atoms. The Morgan fingerprint density at radius 1 is 1.41 bits per heavy atom. The van der Waals surface area contributed by atoms with E-state index in [4.69, 9.17) is 16.3 Å². The number of amides is 1. The minimum absolute atomic E-state index is 0.135. The molecule has 0 bridgehead atoms. The number of alkyl halides is 1. The molecule has 1 aromatic rings. The van der Waals surface area contributed by atoms with Gasteiger partial charge in [0.15, 0.2) is 6.29 Å². The van der Waals surface area contributed by atoms with E-state index in [0.717, 1.165) is 30.5 Å². The zero-order valence-corrected chi connectivity index (χ0v) is 16.5. The summed E-state index contributed by atoms with van der Waals surface area (Å²) in [5, 5.41) is 6.61. The molecule has 0 saturated carbocycles. The van der Waals surface area contributed by atoms with Crippen LogP contribution in [0, 0.1) is 0 Å². The average Bonchev–Trinajstić information content (AvgIpc) is 2.61. The van der Waals surface area contributed by atoms with Crippen LogP contribution in [0.4, 0.5) is 16.2 Å². The van der Waals surface area contributed by atoms with E-state index >= 15 is 0 Å². The Balaban J connectivity index is 1.68. The van der Waals surface area contributed by atoms with E-state index in [1.165, 1.54) is 0 Å². The molecule has 2 aliphatic heterocycles. The van der Waals surface area contributed by atoms with Crippen molar-refractivity contribution in [3.05, 3.63) is 23.5 Å². The number of piperidine rings is 1. The fourth-order valence-electron chi connectivity index (χ4n) is 3.16. The summed E-state index contributed by atoms with van der Waals surface area (Å²) < 4.78 is 5.43. The molecule has 146 valence electrons. The summed E-state index contributed by atoms with van der Waals surface area (Å²) in [4.78, 5) is 29.7. The van der Waals surface area contributed by atoms with Gasteiger partial charge in [0, 0.05) is 25.3 Å². The number of likely N-dealkylation sites (tertiary alicyclic amines) is 1. The predicted molar refractivity (Wildman–Crippen MR) is 106 cm³/mol. The van der Waals surface area contributed by atoms with Gasteiger partial charge in [-0.2, -0.15) is 0 Å². The maximum Gasteiger partial charge on any atom is 0.410 e. The monoisotopic (exact) mass is 392 g/mol. The summed E-state index contributed by atoms with van der Waals surface area (Å²) in [6, 6.07) is 0.135. The zero-order chi connectivity index (χ0) is 19.6. The van der Waals surface area contributed by atoms with Crippen molar-refractivity contribution < 1.29 is 14.3 Å². The van der Waals surface area contributed by atoms with E-state index in [1.807, 2.05) is 26.8 Å². The van der Waals surface area contributed by atoms with Crippen molar-refractivity contribution in [2.24, 2.45) is 0 Å². The quantitative estimate of drug-likeness (QED) is 0.463. The first-order chi connectivity index (χ1) is 12.8. The molecule has 1 aromatic heterocycles. The SMILES string of the molecule is CC(C)(C)OC(=O)N1CCC(Nc2c(C=O)cnc3c2NC(Cl)C=C3)CC1. The fraction of sp³-hybridized carbons (Fsp3) is 0.526. The standard InChI is InChI=1S/C19H25ClN4O3/c1-19(2,3)27-18(26)24-8-6-13(7-9-24)22-16-12(11-25)10-21-14-4-5-15(20)23-17(14)16/h4-5,10-11,13,15,23H,6-9H2,1-3H3,(H,21,22). The van der Waals surface area contributed by atoms with Crippen molar-refractivity contribution in [3.8, 4) is 0 Å². The van der Waals surface area contributed by atoms with Crippen LogP contribution in [-0.4, -0.2) is 52.5 Å². The van der Waals surface area contributed by atoms with E-state index in [-0.39, 0.29) is 17.6 Å². The molecule has 0 spiro atoms. The lowest BCUT2D eigenvalue weighted by atomic mass is 10.0. The van der Waals surface area contributed by atoms with E-state index in [9.17, 15) is 9.59 Å². The van der Waals surface area contributed by atoms with Gasteiger partial charge in [0.2, 0.25) is 0 Å². The third-order valence-electron chi connectivity index (χ3n) is 4.46. The Labute approximate surface area is 164 Å². The number of ether oxygens (including phenoxy) is 1. The summed E-state index contributed by atoms with van der Waals surface area (Å²) in [6.07, 6.45) is 7.23. The molecular weight excluding hydrogens is 368 g/mol. The minimum Gasteiger partial charge on any atom is -0.444 e. The van der Waals surface area contributed by atoms with Crippen LogP contribution in [0.1, 0.15) is 49.7 Å².